The summed E-state index contributed by atoms with van der Waals surface area (Å²) in [4.78, 5) is 0. The van der Waals surface area contributed by atoms with E-state index in [4.69, 9.17) is 11.5 Å². The van der Waals surface area contributed by atoms with Gasteiger partial charge in [0.2, 0.25) is 0 Å². The molecule has 0 aromatic rings. The van der Waals surface area contributed by atoms with Crippen LogP contribution in [0.4, 0.5) is 0 Å². The second-order valence-corrected chi connectivity index (χ2v) is 1.76. The van der Waals surface area contributed by atoms with Crippen molar-refractivity contribution in [1.82, 2.24) is 10.6 Å². The van der Waals surface area contributed by atoms with Crippen LogP contribution in [0, 0.1) is 0 Å². The van der Waals surface area contributed by atoms with Crippen LogP contribution in [0.3, 0.4) is 0 Å². The van der Waals surface area contributed by atoms with Gasteiger partial charge in [0.1, 0.15) is 0 Å². The standard InChI is InChI=1S/C5H16N4/c6-4-8-2-1-3-9-5-7/h8-9H,1-7H2. The molecule has 0 radical (unpaired) electrons. The molecule has 0 fully saturated rings. The van der Waals surface area contributed by atoms with Gasteiger partial charge in [0.05, 0.1) is 0 Å². The van der Waals surface area contributed by atoms with Crippen molar-refractivity contribution in [2.75, 3.05) is 26.4 Å². The van der Waals surface area contributed by atoms with E-state index < -0.39 is 0 Å². The normalized spacial score (nSPS) is 10.0. The highest BCUT2D eigenvalue weighted by Gasteiger charge is 1.82. The fourth-order valence-electron chi connectivity index (χ4n) is 0.543. The van der Waals surface area contributed by atoms with E-state index >= 15 is 0 Å². The summed E-state index contributed by atoms with van der Waals surface area (Å²) in [6.45, 7) is 3.04. The van der Waals surface area contributed by atoms with E-state index in [1.54, 1.807) is 0 Å². The molecule has 0 aliphatic rings. The molecular formula is C5H16N4. The number of nitrogens with one attached hydrogen (secondary N) is 2. The molecular weight excluding hydrogens is 116 g/mol. The van der Waals surface area contributed by atoms with Crippen LogP contribution in [0.2, 0.25) is 0 Å². The Labute approximate surface area is 56.0 Å². The molecule has 0 amide bonds. The van der Waals surface area contributed by atoms with Crippen molar-refractivity contribution in [2.24, 2.45) is 11.5 Å². The summed E-state index contributed by atoms with van der Waals surface area (Å²) < 4.78 is 0. The topological polar surface area (TPSA) is 76.1 Å². The summed E-state index contributed by atoms with van der Waals surface area (Å²) in [7, 11) is 0. The SMILES string of the molecule is NCNCCCNCN. The summed E-state index contributed by atoms with van der Waals surface area (Å²) in [6.07, 6.45) is 1.08. The minimum Gasteiger partial charge on any atom is -0.318 e. The van der Waals surface area contributed by atoms with Crippen molar-refractivity contribution in [2.45, 2.75) is 6.42 Å². The van der Waals surface area contributed by atoms with E-state index in [1.165, 1.54) is 0 Å². The fraction of sp³-hybridized carbons (Fsp3) is 1.00. The highest BCUT2D eigenvalue weighted by molar-refractivity contribution is 4.46. The van der Waals surface area contributed by atoms with E-state index in [9.17, 15) is 0 Å². The maximum absolute atomic E-state index is 5.19. The van der Waals surface area contributed by atoms with E-state index in [2.05, 4.69) is 10.6 Å². The highest BCUT2D eigenvalue weighted by atomic mass is 15.0. The smallest absolute Gasteiger partial charge is 0.0428 e. The summed E-state index contributed by atoms with van der Waals surface area (Å²) in [5.74, 6) is 0. The Morgan fingerprint density at radius 3 is 1.67 bits per heavy atom. The molecule has 0 aliphatic carbocycles. The Balaban J connectivity index is 2.60. The Hall–Kier alpha value is -0.160. The average Bonchev–Trinajstić information content (AvgIpc) is 1.89. The van der Waals surface area contributed by atoms with Crippen molar-refractivity contribution in [3.8, 4) is 0 Å². The summed E-state index contributed by atoms with van der Waals surface area (Å²) >= 11 is 0. The quantitative estimate of drug-likeness (QED) is 0.259. The van der Waals surface area contributed by atoms with Crippen LogP contribution < -0.4 is 22.1 Å². The first-order chi connectivity index (χ1) is 4.41. The second kappa shape index (κ2) is 7.84. The van der Waals surface area contributed by atoms with Crippen LogP contribution in [-0.4, -0.2) is 26.4 Å². The molecule has 0 aliphatic heterocycles. The zero-order chi connectivity index (χ0) is 6.95. The Morgan fingerprint density at radius 2 is 1.33 bits per heavy atom. The molecule has 0 saturated carbocycles. The van der Waals surface area contributed by atoms with Gasteiger partial charge in [0.15, 0.2) is 0 Å². The molecule has 9 heavy (non-hydrogen) atoms. The van der Waals surface area contributed by atoms with E-state index in [-0.39, 0.29) is 0 Å². The molecule has 0 spiro atoms. The van der Waals surface area contributed by atoms with Gasteiger partial charge in [-0.15, -0.1) is 0 Å². The second-order valence-electron chi connectivity index (χ2n) is 1.76. The molecule has 4 nitrogen and oxygen atoms in total. The monoisotopic (exact) mass is 132 g/mol. The van der Waals surface area contributed by atoms with Gasteiger partial charge in [-0.3, -0.25) is 0 Å². The Bertz CT molecular complexity index is 42.2. The third-order valence-electron chi connectivity index (χ3n) is 0.996. The highest BCUT2D eigenvalue weighted by Crippen LogP contribution is 1.68. The Kier molecular flexibility index (Phi) is 7.70. The first kappa shape index (κ1) is 8.84. The lowest BCUT2D eigenvalue weighted by atomic mass is 10.4. The number of hydrogen-bond acceptors (Lipinski definition) is 4. The van der Waals surface area contributed by atoms with Gasteiger partial charge in [-0.25, -0.2) is 0 Å². The van der Waals surface area contributed by atoms with Crippen molar-refractivity contribution in [1.29, 1.82) is 0 Å². The van der Waals surface area contributed by atoms with Gasteiger partial charge in [0.25, 0.3) is 0 Å². The molecule has 0 saturated heterocycles. The third-order valence-corrected chi connectivity index (χ3v) is 0.996. The summed E-state index contributed by atoms with van der Waals surface area (Å²) in [5.41, 5.74) is 10.4. The number of hydrogen-bond donors (Lipinski definition) is 4. The largest absolute Gasteiger partial charge is 0.318 e. The lowest BCUT2D eigenvalue weighted by Crippen LogP contribution is -2.28. The van der Waals surface area contributed by atoms with Gasteiger partial charge < -0.3 is 22.1 Å². The molecule has 0 heterocycles. The van der Waals surface area contributed by atoms with Crippen molar-refractivity contribution in [3.63, 3.8) is 0 Å². The summed E-state index contributed by atoms with van der Waals surface area (Å²) in [5, 5.41) is 6.01. The molecule has 56 valence electrons. The zero-order valence-electron chi connectivity index (χ0n) is 5.69. The van der Waals surface area contributed by atoms with Crippen LogP contribution in [0.25, 0.3) is 0 Å². The van der Waals surface area contributed by atoms with Crippen LogP contribution in [0.5, 0.6) is 0 Å². The van der Waals surface area contributed by atoms with Gasteiger partial charge in [-0.2, -0.15) is 0 Å². The third kappa shape index (κ3) is 7.84. The predicted octanol–water partition coefficient (Wildman–Crippen LogP) is -1.61. The lowest BCUT2D eigenvalue weighted by Gasteiger charge is -2.00. The van der Waals surface area contributed by atoms with Crippen LogP contribution >= 0.6 is 0 Å². The van der Waals surface area contributed by atoms with Crippen LogP contribution in [-0.2, 0) is 0 Å². The van der Waals surface area contributed by atoms with Crippen molar-refractivity contribution >= 4 is 0 Å². The van der Waals surface area contributed by atoms with E-state index in [0.717, 1.165) is 19.5 Å². The fourth-order valence-corrected chi connectivity index (χ4v) is 0.543. The maximum Gasteiger partial charge on any atom is 0.0428 e. The molecule has 0 unspecified atom stereocenters. The number of nitrogens with two attached hydrogens (primary N) is 2. The predicted molar refractivity (Wildman–Crippen MR) is 38.7 cm³/mol. The van der Waals surface area contributed by atoms with Gasteiger partial charge in [-0.1, -0.05) is 0 Å². The molecule has 0 rings (SSSR count). The van der Waals surface area contributed by atoms with Crippen molar-refractivity contribution < 1.29 is 0 Å². The molecule has 0 aromatic carbocycles. The maximum atomic E-state index is 5.19. The molecule has 0 atom stereocenters. The first-order valence-electron chi connectivity index (χ1n) is 3.23. The van der Waals surface area contributed by atoms with Crippen LogP contribution in [0.1, 0.15) is 6.42 Å². The zero-order valence-corrected chi connectivity index (χ0v) is 5.69. The molecule has 0 aromatic heterocycles. The minimum absolute atomic E-state index is 0.558. The minimum atomic E-state index is 0.558. The van der Waals surface area contributed by atoms with Crippen molar-refractivity contribution in [3.05, 3.63) is 0 Å². The Morgan fingerprint density at radius 1 is 0.889 bits per heavy atom. The molecule has 0 bridgehead atoms. The van der Waals surface area contributed by atoms with E-state index in [1.807, 2.05) is 0 Å². The summed E-state index contributed by atoms with van der Waals surface area (Å²) in [6, 6.07) is 0. The van der Waals surface area contributed by atoms with E-state index in [0.29, 0.717) is 13.3 Å². The lowest BCUT2D eigenvalue weighted by molar-refractivity contribution is 0.608. The average molecular weight is 132 g/mol. The molecule has 6 N–H and O–H groups in total. The van der Waals surface area contributed by atoms with Gasteiger partial charge in [0, 0.05) is 13.3 Å². The molecule has 4 heteroatoms. The van der Waals surface area contributed by atoms with Gasteiger partial charge in [-0.05, 0) is 19.5 Å². The number of rotatable bonds is 6. The van der Waals surface area contributed by atoms with Crippen LogP contribution in [0.15, 0.2) is 0 Å². The van der Waals surface area contributed by atoms with Gasteiger partial charge >= 0.3 is 0 Å². The first-order valence-corrected chi connectivity index (χ1v) is 3.23.